The maximum atomic E-state index is 12.1. The molecule has 0 bridgehead atoms. The van der Waals surface area contributed by atoms with E-state index in [4.69, 9.17) is 4.74 Å². The van der Waals surface area contributed by atoms with E-state index in [0.29, 0.717) is 6.42 Å². The van der Waals surface area contributed by atoms with Crippen LogP contribution < -0.4 is 0 Å². The van der Waals surface area contributed by atoms with Gasteiger partial charge in [-0.1, -0.05) is 36.9 Å². The summed E-state index contributed by atoms with van der Waals surface area (Å²) in [6.45, 7) is 7.97. The van der Waals surface area contributed by atoms with E-state index < -0.39 is 23.5 Å². The summed E-state index contributed by atoms with van der Waals surface area (Å²) >= 11 is 0. The molecular formula is C16H18N2O4. The van der Waals surface area contributed by atoms with Crippen LogP contribution in [0.15, 0.2) is 42.6 Å². The van der Waals surface area contributed by atoms with Crippen molar-refractivity contribution in [1.82, 2.24) is 10.0 Å². The van der Waals surface area contributed by atoms with Crippen molar-refractivity contribution in [2.45, 2.75) is 32.8 Å². The summed E-state index contributed by atoms with van der Waals surface area (Å²) < 4.78 is 5.40. The van der Waals surface area contributed by atoms with Gasteiger partial charge in [0.1, 0.15) is 0 Å². The first-order valence-electron chi connectivity index (χ1n) is 6.84. The number of imide groups is 1. The number of cyclic esters (lactones) is 1. The van der Waals surface area contributed by atoms with Crippen LogP contribution in [0.3, 0.4) is 0 Å². The van der Waals surface area contributed by atoms with Crippen molar-refractivity contribution in [1.29, 1.82) is 0 Å². The number of amides is 3. The minimum absolute atomic E-state index is 0.256. The van der Waals surface area contributed by atoms with Crippen molar-refractivity contribution >= 4 is 17.9 Å². The molecule has 1 fully saturated rings. The minimum Gasteiger partial charge on any atom is -0.435 e. The lowest BCUT2D eigenvalue weighted by Gasteiger charge is -2.28. The number of ether oxygens (including phenoxy) is 1. The lowest BCUT2D eigenvalue weighted by Crippen LogP contribution is -2.48. The summed E-state index contributed by atoms with van der Waals surface area (Å²) in [5.74, 6) is -1.15. The van der Waals surface area contributed by atoms with Crippen LogP contribution in [0.1, 0.15) is 26.3 Å². The number of nitrogens with zero attached hydrogens (tertiary/aromatic N) is 2. The SMILES string of the molecule is C=C1N(N(C(C)=O)C(C)=O)C(=O)OC1(C)Cc1ccccc1. The Morgan fingerprint density at radius 3 is 2.27 bits per heavy atom. The fourth-order valence-electron chi connectivity index (χ4n) is 2.46. The second-order valence-electron chi connectivity index (χ2n) is 5.37. The zero-order chi connectivity index (χ0) is 16.5. The number of rotatable bonds is 3. The number of benzene rings is 1. The molecule has 0 aromatic heterocycles. The Balaban J connectivity index is 2.31. The first kappa shape index (κ1) is 15.8. The van der Waals surface area contributed by atoms with Crippen LogP contribution in [0.2, 0.25) is 0 Å². The summed E-state index contributed by atoms with van der Waals surface area (Å²) in [7, 11) is 0. The van der Waals surface area contributed by atoms with Crippen LogP contribution in [0.4, 0.5) is 4.79 Å². The van der Waals surface area contributed by atoms with Crippen molar-refractivity contribution in [2.75, 3.05) is 0 Å². The predicted octanol–water partition coefficient (Wildman–Crippen LogP) is 2.26. The third-order valence-corrected chi connectivity index (χ3v) is 3.53. The van der Waals surface area contributed by atoms with Crippen molar-refractivity contribution in [3.63, 3.8) is 0 Å². The fourth-order valence-corrected chi connectivity index (χ4v) is 2.46. The lowest BCUT2D eigenvalue weighted by atomic mass is 9.94. The fraction of sp³-hybridized carbons (Fsp3) is 0.312. The van der Waals surface area contributed by atoms with Gasteiger partial charge in [0.2, 0.25) is 11.8 Å². The first-order valence-corrected chi connectivity index (χ1v) is 6.84. The van der Waals surface area contributed by atoms with E-state index in [9.17, 15) is 14.4 Å². The average Bonchev–Trinajstić information content (AvgIpc) is 2.63. The van der Waals surface area contributed by atoms with Crippen molar-refractivity contribution in [3.05, 3.63) is 48.2 Å². The molecule has 0 N–H and O–H groups in total. The second-order valence-corrected chi connectivity index (χ2v) is 5.37. The van der Waals surface area contributed by atoms with Crippen LogP contribution in [-0.4, -0.2) is 33.5 Å². The molecule has 6 heteroatoms. The Kier molecular flexibility index (Phi) is 4.03. The van der Waals surface area contributed by atoms with Crippen LogP contribution in [0, 0.1) is 0 Å². The van der Waals surface area contributed by atoms with Crippen LogP contribution in [-0.2, 0) is 20.7 Å². The molecule has 6 nitrogen and oxygen atoms in total. The van der Waals surface area contributed by atoms with Gasteiger partial charge in [0, 0.05) is 20.3 Å². The third kappa shape index (κ3) is 2.72. The van der Waals surface area contributed by atoms with Gasteiger partial charge in [0.05, 0.1) is 5.70 Å². The zero-order valence-corrected chi connectivity index (χ0v) is 12.8. The molecule has 1 aliphatic heterocycles. The van der Waals surface area contributed by atoms with E-state index in [2.05, 4.69) is 6.58 Å². The molecule has 3 amide bonds. The normalized spacial score (nSPS) is 20.8. The van der Waals surface area contributed by atoms with Crippen LogP contribution >= 0.6 is 0 Å². The molecule has 1 aliphatic rings. The molecule has 1 aromatic carbocycles. The monoisotopic (exact) mass is 302 g/mol. The number of hydrogen-bond donors (Lipinski definition) is 0. The Hall–Kier alpha value is -2.63. The van der Waals surface area contributed by atoms with Gasteiger partial charge in [0.15, 0.2) is 5.60 Å². The van der Waals surface area contributed by atoms with Gasteiger partial charge in [-0.25, -0.2) is 4.79 Å². The highest BCUT2D eigenvalue weighted by Gasteiger charge is 2.49. The van der Waals surface area contributed by atoms with Gasteiger partial charge in [-0.3, -0.25) is 9.59 Å². The van der Waals surface area contributed by atoms with E-state index in [1.165, 1.54) is 13.8 Å². The average molecular weight is 302 g/mol. The summed E-state index contributed by atoms with van der Waals surface area (Å²) in [6, 6.07) is 9.47. The molecule has 1 heterocycles. The van der Waals surface area contributed by atoms with Crippen LogP contribution in [0.5, 0.6) is 0 Å². The summed E-state index contributed by atoms with van der Waals surface area (Å²) in [6.07, 6.45) is -0.382. The molecule has 0 aliphatic carbocycles. The predicted molar refractivity (Wildman–Crippen MR) is 79.2 cm³/mol. The Morgan fingerprint density at radius 2 is 1.77 bits per heavy atom. The van der Waals surface area contributed by atoms with Gasteiger partial charge in [-0.15, -0.1) is 0 Å². The largest absolute Gasteiger partial charge is 0.435 e. The molecule has 1 atom stereocenters. The molecule has 2 rings (SSSR count). The first-order chi connectivity index (χ1) is 10.3. The number of carbonyl (C=O) groups is 3. The molecule has 1 unspecified atom stereocenters. The van der Waals surface area contributed by atoms with Crippen LogP contribution in [0.25, 0.3) is 0 Å². The van der Waals surface area contributed by atoms with E-state index >= 15 is 0 Å². The highest BCUT2D eigenvalue weighted by Crippen LogP contribution is 2.36. The van der Waals surface area contributed by atoms with Gasteiger partial charge in [-0.05, 0) is 12.5 Å². The summed E-state index contributed by atoms with van der Waals surface area (Å²) in [4.78, 5) is 35.4. The van der Waals surface area contributed by atoms with E-state index in [1.54, 1.807) is 6.92 Å². The third-order valence-electron chi connectivity index (χ3n) is 3.53. The van der Waals surface area contributed by atoms with Gasteiger partial charge >= 0.3 is 6.09 Å². The maximum Gasteiger partial charge on any atom is 0.434 e. The van der Waals surface area contributed by atoms with Crippen molar-refractivity contribution < 1.29 is 19.1 Å². The standard InChI is InChI=1S/C16H18N2O4/c1-11-16(4,10-14-8-6-5-7-9-14)22-15(21)17(11)18(12(2)19)13(3)20/h5-9H,1,10H2,2-4H3. The van der Waals surface area contributed by atoms with E-state index in [1.807, 2.05) is 30.3 Å². The smallest absolute Gasteiger partial charge is 0.434 e. The quantitative estimate of drug-likeness (QED) is 0.859. The highest BCUT2D eigenvalue weighted by atomic mass is 16.6. The molecule has 0 saturated carbocycles. The maximum absolute atomic E-state index is 12.1. The number of carbonyl (C=O) groups excluding carboxylic acids is 3. The van der Waals surface area contributed by atoms with Gasteiger partial charge < -0.3 is 4.74 Å². The molecule has 0 radical (unpaired) electrons. The van der Waals surface area contributed by atoms with Crippen molar-refractivity contribution in [3.8, 4) is 0 Å². The lowest BCUT2D eigenvalue weighted by molar-refractivity contribution is -0.154. The molecular weight excluding hydrogens is 284 g/mol. The topological polar surface area (TPSA) is 66.9 Å². The van der Waals surface area contributed by atoms with Crippen molar-refractivity contribution in [2.24, 2.45) is 0 Å². The minimum atomic E-state index is -1.01. The number of hydrogen-bond acceptors (Lipinski definition) is 4. The Morgan fingerprint density at radius 1 is 1.23 bits per heavy atom. The zero-order valence-electron chi connectivity index (χ0n) is 12.8. The second kappa shape index (κ2) is 5.63. The molecule has 1 saturated heterocycles. The highest BCUT2D eigenvalue weighted by molar-refractivity contribution is 5.95. The number of hydrazine groups is 1. The Labute approximate surface area is 128 Å². The van der Waals surface area contributed by atoms with E-state index in [0.717, 1.165) is 15.6 Å². The molecule has 116 valence electrons. The van der Waals surface area contributed by atoms with Gasteiger partial charge in [-0.2, -0.15) is 10.0 Å². The Bertz CT molecular complexity index is 627. The molecule has 22 heavy (non-hydrogen) atoms. The summed E-state index contributed by atoms with van der Waals surface area (Å²) in [5, 5.41) is 1.65. The molecule has 1 aromatic rings. The molecule has 0 spiro atoms. The summed E-state index contributed by atoms with van der Waals surface area (Å²) in [5.41, 5.74) is 0.200. The van der Waals surface area contributed by atoms with Gasteiger partial charge in [0.25, 0.3) is 0 Å². The van der Waals surface area contributed by atoms with E-state index in [-0.39, 0.29) is 5.70 Å².